The molecule has 1 saturated heterocycles. The van der Waals surface area contributed by atoms with E-state index in [1.807, 2.05) is 52.7 Å². The zero-order valence-electron chi connectivity index (χ0n) is 19.6. The number of alkyl halides is 3. The Kier molecular flexibility index (Phi) is 10.0. The molecule has 0 aliphatic carbocycles. The van der Waals surface area contributed by atoms with Gasteiger partial charge >= 0.3 is 6.18 Å². The highest BCUT2D eigenvalue weighted by Crippen LogP contribution is 2.16. The Morgan fingerprint density at radius 2 is 1.77 bits per heavy atom. The van der Waals surface area contributed by atoms with Crippen molar-refractivity contribution in [3.05, 3.63) is 66.0 Å². The highest BCUT2D eigenvalue weighted by Gasteiger charge is 2.34. The first-order valence-electron chi connectivity index (χ1n) is 11.8. The molecule has 3 rings (SSSR count). The van der Waals surface area contributed by atoms with E-state index >= 15 is 0 Å². The molecule has 1 unspecified atom stereocenters. The fourth-order valence-electron chi connectivity index (χ4n) is 4.08. The van der Waals surface area contributed by atoms with Crippen LogP contribution in [0.1, 0.15) is 30.4 Å². The summed E-state index contributed by atoms with van der Waals surface area (Å²) >= 11 is 0. The molecule has 1 aliphatic rings. The van der Waals surface area contributed by atoms with E-state index in [1.165, 1.54) is 0 Å². The summed E-state index contributed by atoms with van der Waals surface area (Å²) < 4.78 is 38.0. The van der Waals surface area contributed by atoms with Crippen LogP contribution in [0.15, 0.2) is 54.9 Å². The summed E-state index contributed by atoms with van der Waals surface area (Å²) in [4.78, 5) is 32.9. The van der Waals surface area contributed by atoms with E-state index in [9.17, 15) is 22.8 Å². The van der Waals surface area contributed by atoms with Crippen molar-refractivity contribution in [2.45, 2.75) is 44.6 Å². The number of benzene rings is 1. The summed E-state index contributed by atoms with van der Waals surface area (Å²) in [5.74, 6) is -0.673. The van der Waals surface area contributed by atoms with Crippen LogP contribution in [-0.4, -0.2) is 71.5 Å². The maximum absolute atomic E-state index is 12.7. The normalized spacial score (nSPS) is 17.2. The smallest absolute Gasteiger partial charge is 0.352 e. The number of amides is 2. The minimum atomic E-state index is -4.46. The molecule has 2 aromatic rings. The van der Waals surface area contributed by atoms with Crippen LogP contribution in [0, 0.1) is 0 Å². The lowest BCUT2D eigenvalue weighted by molar-refractivity contribution is -0.143. The van der Waals surface area contributed by atoms with Gasteiger partial charge < -0.3 is 10.6 Å². The number of carbonyl (C=O) groups excluding carboxylic acids is 2. The van der Waals surface area contributed by atoms with Gasteiger partial charge in [0.1, 0.15) is 12.6 Å². The molecule has 0 bridgehead atoms. The highest BCUT2D eigenvalue weighted by molar-refractivity contribution is 5.82. The molecular weight excluding hydrogens is 459 g/mol. The van der Waals surface area contributed by atoms with Crippen molar-refractivity contribution >= 4 is 11.8 Å². The second-order valence-electron chi connectivity index (χ2n) is 8.70. The topological polar surface area (TPSA) is 77.6 Å². The average Bonchev–Trinajstić information content (AvgIpc) is 2.85. The number of rotatable bonds is 11. The van der Waals surface area contributed by atoms with E-state index in [2.05, 4.69) is 15.2 Å². The summed E-state index contributed by atoms with van der Waals surface area (Å²) in [6.07, 6.45) is 0.624. The Hall–Kier alpha value is -2.98. The van der Waals surface area contributed by atoms with Crippen LogP contribution in [0.25, 0.3) is 0 Å². The van der Waals surface area contributed by atoms with Gasteiger partial charge in [0, 0.05) is 51.5 Å². The maximum atomic E-state index is 12.7. The fraction of sp³-hybridized carbons (Fsp3) is 0.480. The third-order valence-electron chi connectivity index (χ3n) is 5.90. The van der Waals surface area contributed by atoms with Gasteiger partial charge in [0.05, 0.1) is 0 Å². The van der Waals surface area contributed by atoms with Crippen molar-refractivity contribution in [3.8, 4) is 0 Å². The molecule has 0 spiro atoms. The Balaban J connectivity index is 1.47. The first kappa shape index (κ1) is 26.6. The Morgan fingerprint density at radius 1 is 1.00 bits per heavy atom. The molecule has 7 nitrogen and oxygen atoms in total. The highest BCUT2D eigenvalue weighted by atomic mass is 19.4. The number of hydrogen-bond donors (Lipinski definition) is 2. The molecule has 1 fully saturated rings. The molecule has 0 radical (unpaired) electrons. The SMILES string of the molecule is O=C(CCCCN1CCN(Cc2cccnc2)CC1C(=O)NCC(F)(F)F)NCc1ccccc1. The van der Waals surface area contributed by atoms with Gasteiger partial charge in [-0.25, -0.2) is 0 Å². The molecule has 1 aliphatic heterocycles. The lowest BCUT2D eigenvalue weighted by atomic mass is 10.1. The van der Waals surface area contributed by atoms with Crippen molar-refractivity contribution in [2.75, 3.05) is 32.7 Å². The first-order chi connectivity index (χ1) is 16.8. The number of hydrogen-bond acceptors (Lipinski definition) is 5. The largest absolute Gasteiger partial charge is 0.405 e. The van der Waals surface area contributed by atoms with Gasteiger partial charge in [-0.1, -0.05) is 36.4 Å². The Bertz CT molecular complexity index is 928. The molecule has 2 N–H and O–H groups in total. The van der Waals surface area contributed by atoms with E-state index in [-0.39, 0.29) is 5.91 Å². The summed E-state index contributed by atoms with van der Waals surface area (Å²) in [7, 11) is 0. The Labute approximate surface area is 203 Å². The van der Waals surface area contributed by atoms with Gasteiger partial charge in [0.25, 0.3) is 0 Å². The minimum absolute atomic E-state index is 0.0467. The maximum Gasteiger partial charge on any atom is 0.405 e. The number of piperazine rings is 1. The number of unbranched alkanes of at least 4 members (excludes halogenated alkanes) is 1. The van der Waals surface area contributed by atoms with Crippen LogP contribution in [-0.2, 0) is 22.7 Å². The van der Waals surface area contributed by atoms with Crippen LogP contribution < -0.4 is 10.6 Å². The minimum Gasteiger partial charge on any atom is -0.352 e. The number of nitrogens with zero attached hydrogens (tertiary/aromatic N) is 3. The average molecular weight is 492 g/mol. The summed E-state index contributed by atoms with van der Waals surface area (Å²) in [5.41, 5.74) is 2.01. The number of nitrogens with one attached hydrogen (secondary N) is 2. The zero-order chi connectivity index (χ0) is 25.1. The number of carbonyl (C=O) groups is 2. The van der Waals surface area contributed by atoms with Crippen LogP contribution in [0.3, 0.4) is 0 Å². The van der Waals surface area contributed by atoms with Gasteiger partial charge in [0.15, 0.2) is 0 Å². The van der Waals surface area contributed by atoms with E-state index < -0.39 is 24.7 Å². The monoisotopic (exact) mass is 491 g/mol. The molecule has 0 saturated carbocycles. The molecule has 35 heavy (non-hydrogen) atoms. The summed E-state index contributed by atoms with van der Waals surface area (Å²) in [6, 6.07) is 12.7. The molecule has 1 atom stereocenters. The van der Waals surface area contributed by atoms with E-state index in [1.54, 1.807) is 12.4 Å². The van der Waals surface area contributed by atoms with E-state index in [0.29, 0.717) is 58.5 Å². The molecule has 2 amide bonds. The predicted octanol–water partition coefficient (Wildman–Crippen LogP) is 2.73. The second kappa shape index (κ2) is 13.2. The summed E-state index contributed by atoms with van der Waals surface area (Å²) in [6.45, 7) is 1.82. The van der Waals surface area contributed by atoms with Gasteiger partial charge in [-0.15, -0.1) is 0 Å². The van der Waals surface area contributed by atoms with Crippen molar-refractivity contribution < 1.29 is 22.8 Å². The predicted molar refractivity (Wildman–Crippen MR) is 126 cm³/mol. The van der Waals surface area contributed by atoms with Gasteiger partial charge in [0.2, 0.25) is 11.8 Å². The van der Waals surface area contributed by atoms with E-state index in [4.69, 9.17) is 0 Å². The van der Waals surface area contributed by atoms with Gasteiger partial charge in [-0.05, 0) is 36.6 Å². The molecule has 190 valence electrons. The van der Waals surface area contributed by atoms with Gasteiger partial charge in [-0.3, -0.25) is 24.4 Å². The van der Waals surface area contributed by atoms with Crippen molar-refractivity contribution in [1.82, 2.24) is 25.4 Å². The van der Waals surface area contributed by atoms with Crippen molar-refractivity contribution in [2.24, 2.45) is 0 Å². The lowest BCUT2D eigenvalue weighted by Crippen LogP contribution is -2.59. The van der Waals surface area contributed by atoms with Crippen molar-refractivity contribution in [1.29, 1.82) is 0 Å². The number of halogens is 3. The van der Waals surface area contributed by atoms with E-state index in [0.717, 1.165) is 11.1 Å². The standard InChI is InChI=1S/C25H32F3N5O2/c26-25(27,28)19-31-24(35)22-18-32(17-21-9-6-11-29-15-21)13-14-33(22)12-5-4-10-23(34)30-16-20-7-2-1-3-8-20/h1-3,6-9,11,15,22H,4-5,10,12-14,16-19H2,(H,30,34)(H,31,35). The van der Waals surface area contributed by atoms with Crippen LogP contribution in [0.5, 0.6) is 0 Å². The third-order valence-corrected chi connectivity index (χ3v) is 5.90. The summed E-state index contributed by atoms with van der Waals surface area (Å²) in [5, 5.41) is 4.93. The molecule has 10 heteroatoms. The zero-order valence-corrected chi connectivity index (χ0v) is 19.6. The molecule has 2 heterocycles. The molecule has 1 aromatic heterocycles. The Morgan fingerprint density at radius 3 is 2.49 bits per heavy atom. The van der Waals surface area contributed by atoms with Crippen LogP contribution >= 0.6 is 0 Å². The number of aromatic nitrogens is 1. The molecule has 1 aromatic carbocycles. The lowest BCUT2D eigenvalue weighted by Gasteiger charge is -2.40. The molecular formula is C25H32F3N5O2. The van der Waals surface area contributed by atoms with Crippen LogP contribution in [0.4, 0.5) is 13.2 Å². The van der Waals surface area contributed by atoms with Crippen LogP contribution in [0.2, 0.25) is 0 Å². The van der Waals surface area contributed by atoms with Gasteiger partial charge in [-0.2, -0.15) is 13.2 Å². The third kappa shape index (κ3) is 9.65. The first-order valence-corrected chi connectivity index (χ1v) is 11.8. The fourth-order valence-corrected chi connectivity index (χ4v) is 4.08. The van der Waals surface area contributed by atoms with Crippen molar-refractivity contribution in [3.63, 3.8) is 0 Å². The number of pyridine rings is 1. The second-order valence-corrected chi connectivity index (χ2v) is 8.70. The quantitative estimate of drug-likeness (QED) is 0.473.